The smallest absolute Gasteiger partial charge is 0.341 e. The van der Waals surface area contributed by atoms with Crippen LogP contribution in [-0.2, 0) is 27.2 Å². The summed E-state index contributed by atoms with van der Waals surface area (Å²) in [6.07, 6.45) is 8.78. The summed E-state index contributed by atoms with van der Waals surface area (Å²) in [4.78, 5) is 41.0. The molecule has 0 saturated heterocycles. The molecular formula is C29H38N2O4S2. The van der Waals surface area contributed by atoms with Gasteiger partial charge in [-0.25, -0.2) is 4.79 Å². The van der Waals surface area contributed by atoms with Gasteiger partial charge in [-0.3, -0.25) is 9.59 Å². The van der Waals surface area contributed by atoms with Gasteiger partial charge in [-0.1, -0.05) is 39.2 Å². The Balaban J connectivity index is 1.45. The first-order valence-electron chi connectivity index (χ1n) is 13.6. The van der Waals surface area contributed by atoms with Crippen LogP contribution in [0.2, 0.25) is 0 Å². The van der Waals surface area contributed by atoms with Crippen molar-refractivity contribution in [1.82, 2.24) is 0 Å². The number of rotatable bonds is 9. The second-order valence-electron chi connectivity index (χ2n) is 10.1. The molecule has 0 bridgehead atoms. The van der Waals surface area contributed by atoms with Gasteiger partial charge < -0.3 is 15.4 Å². The van der Waals surface area contributed by atoms with Crippen LogP contribution in [0.5, 0.6) is 0 Å². The number of hydrogen-bond acceptors (Lipinski definition) is 6. The van der Waals surface area contributed by atoms with Crippen molar-refractivity contribution in [2.24, 2.45) is 11.8 Å². The summed E-state index contributed by atoms with van der Waals surface area (Å²) >= 11 is 2.99. The summed E-state index contributed by atoms with van der Waals surface area (Å²) in [6, 6.07) is 7.72. The molecule has 37 heavy (non-hydrogen) atoms. The molecule has 6 nitrogen and oxygen atoms in total. The van der Waals surface area contributed by atoms with Gasteiger partial charge in [0.1, 0.15) is 5.00 Å². The van der Waals surface area contributed by atoms with Crippen LogP contribution in [0.15, 0.2) is 29.2 Å². The Labute approximate surface area is 228 Å². The van der Waals surface area contributed by atoms with Gasteiger partial charge in [0, 0.05) is 21.4 Å². The molecule has 2 aromatic rings. The topological polar surface area (TPSA) is 84.5 Å². The fourth-order valence-corrected chi connectivity index (χ4v) is 7.61. The van der Waals surface area contributed by atoms with Gasteiger partial charge in [0.15, 0.2) is 0 Å². The molecular weight excluding hydrogens is 504 g/mol. The van der Waals surface area contributed by atoms with E-state index < -0.39 is 0 Å². The Morgan fingerprint density at radius 2 is 1.89 bits per heavy atom. The van der Waals surface area contributed by atoms with Gasteiger partial charge in [0.05, 0.1) is 17.4 Å². The molecule has 8 heteroatoms. The lowest BCUT2D eigenvalue weighted by atomic mass is 9.88. The molecule has 1 saturated carbocycles. The average molecular weight is 543 g/mol. The maximum Gasteiger partial charge on any atom is 0.341 e. The second-order valence-corrected chi connectivity index (χ2v) is 12.5. The van der Waals surface area contributed by atoms with Crippen LogP contribution in [0.4, 0.5) is 10.7 Å². The lowest BCUT2D eigenvalue weighted by Crippen LogP contribution is -2.25. The van der Waals surface area contributed by atoms with E-state index >= 15 is 0 Å². The number of thioether (sulfide) groups is 1. The Bertz CT molecular complexity index is 1120. The number of carbonyl (C=O) groups excluding carboxylic acids is 3. The number of anilines is 2. The van der Waals surface area contributed by atoms with Crippen molar-refractivity contribution in [3.8, 4) is 0 Å². The number of carbonyl (C=O) groups is 3. The quantitative estimate of drug-likeness (QED) is 0.261. The van der Waals surface area contributed by atoms with Crippen molar-refractivity contribution < 1.29 is 19.1 Å². The molecule has 2 N–H and O–H groups in total. The number of nitrogens with one attached hydrogen (secondary N) is 2. The third-order valence-electron chi connectivity index (χ3n) is 7.25. The molecule has 2 unspecified atom stereocenters. The predicted octanol–water partition coefficient (Wildman–Crippen LogP) is 7.08. The summed E-state index contributed by atoms with van der Waals surface area (Å²) in [6.45, 7) is 6.31. The number of fused-ring (bicyclic) bond motifs is 1. The maximum absolute atomic E-state index is 13.4. The molecule has 0 spiro atoms. The third-order valence-corrected chi connectivity index (χ3v) is 9.77. The summed E-state index contributed by atoms with van der Waals surface area (Å²) < 4.78 is 5.35. The SMILES string of the molecule is CCOC(=O)c1c(NC(=O)C(CC)Sc2cccc(NC(=O)C3CCCCC3)c2)sc2c1CCC(C)C2. The van der Waals surface area contributed by atoms with E-state index in [9.17, 15) is 14.4 Å². The fraction of sp³-hybridized carbons (Fsp3) is 0.552. The van der Waals surface area contributed by atoms with E-state index in [0.717, 1.165) is 61.1 Å². The largest absolute Gasteiger partial charge is 0.462 e. The zero-order chi connectivity index (χ0) is 26.4. The van der Waals surface area contributed by atoms with Gasteiger partial charge in [0.25, 0.3) is 0 Å². The first kappa shape index (κ1) is 27.7. The summed E-state index contributed by atoms with van der Waals surface area (Å²) in [5.74, 6) is 0.268. The Kier molecular flexibility index (Phi) is 9.71. The lowest BCUT2D eigenvalue weighted by molar-refractivity contribution is -0.120. The number of esters is 1. The van der Waals surface area contributed by atoms with Crippen molar-refractivity contribution in [3.63, 3.8) is 0 Å². The van der Waals surface area contributed by atoms with Crippen molar-refractivity contribution in [3.05, 3.63) is 40.3 Å². The zero-order valence-electron chi connectivity index (χ0n) is 22.1. The highest BCUT2D eigenvalue weighted by molar-refractivity contribution is 8.00. The highest BCUT2D eigenvalue weighted by Crippen LogP contribution is 2.40. The molecule has 0 aliphatic heterocycles. The van der Waals surface area contributed by atoms with Crippen LogP contribution < -0.4 is 10.6 Å². The molecule has 0 radical (unpaired) electrons. The van der Waals surface area contributed by atoms with Crippen LogP contribution in [0, 0.1) is 11.8 Å². The third kappa shape index (κ3) is 6.96. The van der Waals surface area contributed by atoms with Crippen LogP contribution in [0.1, 0.15) is 86.5 Å². The van der Waals surface area contributed by atoms with Gasteiger partial charge in [0.2, 0.25) is 11.8 Å². The molecule has 4 rings (SSSR count). The highest BCUT2D eigenvalue weighted by Gasteiger charge is 2.30. The van der Waals surface area contributed by atoms with Crippen molar-refractivity contribution in [2.75, 3.05) is 17.2 Å². The molecule has 1 aromatic carbocycles. The lowest BCUT2D eigenvalue weighted by Gasteiger charge is -2.21. The predicted molar refractivity (Wildman–Crippen MR) is 152 cm³/mol. The number of hydrogen-bond donors (Lipinski definition) is 2. The monoisotopic (exact) mass is 542 g/mol. The molecule has 200 valence electrons. The van der Waals surface area contributed by atoms with Gasteiger partial charge in [-0.2, -0.15) is 0 Å². The number of thiophene rings is 1. The summed E-state index contributed by atoms with van der Waals surface area (Å²) in [5.41, 5.74) is 2.34. The average Bonchev–Trinajstić information content (AvgIpc) is 3.24. The number of ether oxygens (including phenoxy) is 1. The molecule has 1 aromatic heterocycles. The van der Waals surface area contributed by atoms with E-state index in [1.54, 1.807) is 6.92 Å². The van der Waals surface area contributed by atoms with E-state index in [4.69, 9.17) is 4.74 Å². The number of benzene rings is 1. The molecule has 2 aliphatic rings. The Morgan fingerprint density at radius 3 is 2.62 bits per heavy atom. The van der Waals surface area contributed by atoms with Crippen LogP contribution >= 0.6 is 23.1 Å². The fourth-order valence-electron chi connectivity index (χ4n) is 5.19. The minimum atomic E-state index is -0.355. The Morgan fingerprint density at radius 1 is 1.11 bits per heavy atom. The van der Waals surface area contributed by atoms with Crippen molar-refractivity contribution in [1.29, 1.82) is 0 Å². The summed E-state index contributed by atoms with van der Waals surface area (Å²) in [7, 11) is 0. The molecule has 1 heterocycles. The zero-order valence-corrected chi connectivity index (χ0v) is 23.7. The first-order valence-corrected chi connectivity index (χ1v) is 15.3. The van der Waals surface area contributed by atoms with Crippen LogP contribution in [0.25, 0.3) is 0 Å². The molecule has 1 fully saturated rings. The maximum atomic E-state index is 13.4. The molecule has 2 amide bonds. The van der Waals surface area contributed by atoms with Crippen molar-refractivity contribution in [2.45, 2.75) is 88.7 Å². The van der Waals surface area contributed by atoms with Crippen LogP contribution in [0.3, 0.4) is 0 Å². The van der Waals surface area contributed by atoms with E-state index in [2.05, 4.69) is 17.6 Å². The van der Waals surface area contributed by atoms with E-state index in [0.29, 0.717) is 29.5 Å². The molecule has 2 aliphatic carbocycles. The first-order chi connectivity index (χ1) is 17.9. The van der Waals surface area contributed by atoms with E-state index in [1.807, 2.05) is 31.2 Å². The van der Waals surface area contributed by atoms with Gasteiger partial charge in [-0.15, -0.1) is 23.1 Å². The normalized spacial score (nSPS) is 18.5. The standard InChI is InChI=1S/C29H38N2O4S2/c1-4-23(36-21-13-9-12-20(17-21)30-26(32)19-10-7-6-8-11-19)27(33)31-28-25(29(34)35-5-2)22-15-14-18(3)16-24(22)37-28/h9,12-13,17-19,23H,4-8,10-11,14-16H2,1-3H3,(H,30,32)(H,31,33). The minimum absolute atomic E-state index is 0.0902. The van der Waals surface area contributed by atoms with Gasteiger partial charge in [-0.05, 0) is 75.1 Å². The van der Waals surface area contributed by atoms with Crippen LogP contribution in [-0.4, -0.2) is 29.6 Å². The van der Waals surface area contributed by atoms with E-state index in [-0.39, 0.29) is 29.0 Å². The Hall–Kier alpha value is -2.32. The second kappa shape index (κ2) is 13.0. The summed E-state index contributed by atoms with van der Waals surface area (Å²) in [5, 5.41) is 6.41. The van der Waals surface area contributed by atoms with Crippen molar-refractivity contribution >= 4 is 51.6 Å². The number of amides is 2. The van der Waals surface area contributed by atoms with E-state index in [1.165, 1.54) is 34.4 Å². The highest BCUT2D eigenvalue weighted by atomic mass is 32.2. The molecule has 2 atom stereocenters. The van der Waals surface area contributed by atoms with Gasteiger partial charge >= 0.3 is 5.97 Å². The minimum Gasteiger partial charge on any atom is -0.462 e.